The van der Waals surface area contributed by atoms with Crippen molar-refractivity contribution >= 4 is 47.0 Å². The van der Waals surface area contributed by atoms with Crippen molar-refractivity contribution in [2.75, 3.05) is 31.6 Å². The van der Waals surface area contributed by atoms with Crippen LogP contribution in [0.25, 0.3) is 0 Å². The Morgan fingerprint density at radius 1 is 1.20 bits per heavy atom. The van der Waals surface area contributed by atoms with Crippen LogP contribution in [0.15, 0.2) is 47.5 Å². The highest BCUT2D eigenvalue weighted by Gasteiger charge is 2.22. The summed E-state index contributed by atoms with van der Waals surface area (Å²) in [6.07, 6.45) is 1.23. The smallest absolute Gasteiger partial charge is 0.191 e. The number of rotatable bonds is 5. The second-order valence-electron chi connectivity index (χ2n) is 6.26. The van der Waals surface area contributed by atoms with Gasteiger partial charge in [-0.25, -0.2) is 0 Å². The van der Waals surface area contributed by atoms with E-state index in [2.05, 4.69) is 69.9 Å². The van der Waals surface area contributed by atoms with E-state index in [4.69, 9.17) is 0 Å². The molecule has 1 atom stereocenters. The van der Waals surface area contributed by atoms with Crippen molar-refractivity contribution in [3.63, 3.8) is 0 Å². The van der Waals surface area contributed by atoms with E-state index < -0.39 is 0 Å². The van der Waals surface area contributed by atoms with Crippen molar-refractivity contribution in [3.8, 4) is 0 Å². The van der Waals surface area contributed by atoms with Crippen LogP contribution in [0.4, 0.5) is 5.69 Å². The normalized spacial score (nSPS) is 17.3. The molecule has 2 N–H and O–H groups in total. The Balaban J connectivity index is 0.00000225. The third-order valence-corrected chi connectivity index (χ3v) is 5.42. The van der Waals surface area contributed by atoms with Crippen LogP contribution in [-0.2, 0) is 6.54 Å². The number of para-hydroxylation sites is 1. The Hall–Kier alpha value is -1.28. The second-order valence-corrected chi connectivity index (χ2v) is 7.63. The van der Waals surface area contributed by atoms with Gasteiger partial charge in [0.05, 0.1) is 6.54 Å². The van der Waals surface area contributed by atoms with E-state index in [0.717, 1.165) is 32.1 Å². The Morgan fingerprint density at radius 2 is 2.00 bits per heavy atom. The van der Waals surface area contributed by atoms with E-state index in [9.17, 15) is 0 Å². The fourth-order valence-corrected chi connectivity index (χ4v) is 3.92. The maximum atomic E-state index is 4.33. The van der Waals surface area contributed by atoms with Gasteiger partial charge in [0.25, 0.3) is 0 Å². The van der Waals surface area contributed by atoms with Crippen LogP contribution in [0.5, 0.6) is 0 Å². The molecule has 0 aliphatic carbocycles. The Morgan fingerprint density at radius 3 is 2.68 bits per heavy atom. The van der Waals surface area contributed by atoms with Gasteiger partial charge in [-0.3, -0.25) is 4.99 Å². The number of guanidine groups is 1. The van der Waals surface area contributed by atoms with Gasteiger partial charge in [-0.2, -0.15) is 0 Å². The molecule has 2 heterocycles. The van der Waals surface area contributed by atoms with Gasteiger partial charge in [-0.1, -0.05) is 18.2 Å². The molecule has 4 nitrogen and oxygen atoms in total. The molecule has 25 heavy (non-hydrogen) atoms. The van der Waals surface area contributed by atoms with Gasteiger partial charge >= 0.3 is 0 Å². The summed E-state index contributed by atoms with van der Waals surface area (Å²) < 4.78 is 0. The van der Waals surface area contributed by atoms with Crippen molar-refractivity contribution in [3.05, 3.63) is 52.2 Å². The van der Waals surface area contributed by atoms with Crippen molar-refractivity contribution in [2.24, 2.45) is 10.9 Å². The Bertz CT molecular complexity index is 671. The molecular formula is C19H27IN4S. The van der Waals surface area contributed by atoms with Crippen LogP contribution < -0.4 is 15.5 Å². The zero-order chi connectivity index (χ0) is 16.8. The van der Waals surface area contributed by atoms with E-state index >= 15 is 0 Å². The maximum absolute atomic E-state index is 4.33. The summed E-state index contributed by atoms with van der Waals surface area (Å²) in [7, 11) is 1.83. The van der Waals surface area contributed by atoms with E-state index in [1.807, 2.05) is 18.4 Å². The van der Waals surface area contributed by atoms with Gasteiger partial charge < -0.3 is 15.5 Å². The molecule has 3 rings (SSSR count). The van der Waals surface area contributed by atoms with Crippen molar-refractivity contribution in [2.45, 2.75) is 19.9 Å². The highest BCUT2D eigenvalue weighted by atomic mass is 127. The summed E-state index contributed by atoms with van der Waals surface area (Å²) in [6, 6.07) is 15.0. The van der Waals surface area contributed by atoms with Crippen LogP contribution in [0.2, 0.25) is 0 Å². The molecule has 0 amide bonds. The SMILES string of the molecule is CN=C(NCc1ccc(C)s1)NCC1CCN(c2ccccc2)C1.I. The Labute approximate surface area is 171 Å². The highest BCUT2D eigenvalue weighted by molar-refractivity contribution is 14.0. The molecule has 1 aromatic heterocycles. The number of anilines is 1. The molecule has 0 saturated carbocycles. The largest absolute Gasteiger partial charge is 0.371 e. The standard InChI is InChI=1S/C19H26N4S.HI/c1-15-8-9-18(24-15)13-22-19(20-2)21-12-16-10-11-23(14-16)17-6-4-3-5-7-17;/h3-9,16H,10-14H2,1-2H3,(H2,20,21,22);1H. The predicted molar refractivity (Wildman–Crippen MR) is 119 cm³/mol. The molecule has 1 unspecified atom stereocenters. The van der Waals surface area contributed by atoms with Crippen LogP contribution in [0.1, 0.15) is 16.2 Å². The summed E-state index contributed by atoms with van der Waals surface area (Å²) in [4.78, 5) is 9.49. The lowest BCUT2D eigenvalue weighted by atomic mass is 10.1. The summed E-state index contributed by atoms with van der Waals surface area (Å²) in [6.45, 7) is 6.18. The van der Waals surface area contributed by atoms with Crippen LogP contribution >= 0.6 is 35.3 Å². The molecule has 6 heteroatoms. The monoisotopic (exact) mass is 470 g/mol. The van der Waals surface area contributed by atoms with E-state index in [-0.39, 0.29) is 24.0 Å². The number of thiophene rings is 1. The van der Waals surface area contributed by atoms with Gasteiger partial charge in [-0.15, -0.1) is 35.3 Å². The zero-order valence-corrected chi connectivity index (χ0v) is 18.0. The summed E-state index contributed by atoms with van der Waals surface area (Å²) >= 11 is 1.83. The first-order valence-corrected chi connectivity index (χ1v) is 9.36. The number of nitrogens with zero attached hydrogens (tertiary/aromatic N) is 2. The van der Waals surface area contributed by atoms with Crippen molar-refractivity contribution in [1.29, 1.82) is 0 Å². The van der Waals surface area contributed by atoms with Crippen LogP contribution in [0.3, 0.4) is 0 Å². The number of halogens is 1. The lowest BCUT2D eigenvalue weighted by Gasteiger charge is -2.19. The molecule has 2 aromatic rings. The molecule has 1 saturated heterocycles. The molecule has 136 valence electrons. The molecule has 1 aromatic carbocycles. The second kappa shape index (κ2) is 10.0. The first kappa shape index (κ1) is 20.0. The van der Waals surface area contributed by atoms with Crippen LogP contribution in [-0.4, -0.2) is 32.6 Å². The third-order valence-electron chi connectivity index (χ3n) is 4.42. The van der Waals surface area contributed by atoms with Gasteiger partial charge in [0.2, 0.25) is 0 Å². The van der Waals surface area contributed by atoms with E-state index in [1.54, 1.807) is 0 Å². The van der Waals surface area contributed by atoms with Crippen molar-refractivity contribution in [1.82, 2.24) is 10.6 Å². The minimum Gasteiger partial charge on any atom is -0.371 e. The van der Waals surface area contributed by atoms with E-state index in [1.165, 1.54) is 21.9 Å². The third kappa shape index (κ3) is 5.88. The molecule has 0 spiro atoms. The molecule has 1 fully saturated rings. The quantitative estimate of drug-likeness (QED) is 0.396. The molecule has 1 aliphatic rings. The number of nitrogens with one attached hydrogen (secondary N) is 2. The molecule has 0 bridgehead atoms. The van der Waals surface area contributed by atoms with Gasteiger partial charge in [0, 0.05) is 42.1 Å². The number of aliphatic imine (C=N–C) groups is 1. The Kier molecular flexibility index (Phi) is 8.02. The molecule has 0 radical (unpaired) electrons. The summed E-state index contributed by atoms with van der Waals surface area (Å²) in [5.41, 5.74) is 1.33. The number of hydrogen-bond donors (Lipinski definition) is 2. The van der Waals surface area contributed by atoms with Crippen molar-refractivity contribution < 1.29 is 0 Å². The molecule has 1 aliphatic heterocycles. The van der Waals surface area contributed by atoms with Gasteiger partial charge in [-0.05, 0) is 43.5 Å². The predicted octanol–water partition coefficient (Wildman–Crippen LogP) is 3.87. The van der Waals surface area contributed by atoms with Gasteiger partial charge in [0.1, 0.15) is 0 Å². The fourth-order valence-electron chi connectivity index (χ4n) is 3.09. The first-order valence-electron chi connectivity index (χ1n) is 8.54. The minimum absolute atomic E-state index is 0. The number of hydrogen-bond acceptors (Lipinski definition) is 3. The topological polar surface area (TPSA) is 39.7 Å². The lowest BCUT2D eigenvalue weighted by Crippen LogP contribution is -2.39. The first-order chi connectivity index (χ1) is 11.7. The lowest BCUT2D eigenvalue weighted by molar-refractivity contribution is 0.566. The van der Waals surface area contributed by atoms with Gasteiger partial charge in [0.15, 0.2) is 5.96 Å². The minimum atomic E-state index is 0. The van der Waals surface area contributed by atoms with Crippen LogP contribution in [0, 0.1) is 12.8 Å². The maximum Gasteiger partial charge on any atom is 0.191 e. The summed E-state index contributed by atoms with van der Waals surface area (Å²) in [5, 5.41) is 6.88. The number of benzene rings is 1. The zero-order valence-electron chi connectivity index (χ0n) is 14.9. The summed E-state index contributed by atoms with van der Waals surface area (Å²) in [5.74, 6) is 1.55. The average molecular weight is 470 g/mol. The molecular weight excluding hydrogens is 443 g/mol. The van der Waals surface area contributed by atoms with E-state index in [0.29, 0.717) is 5.92 Å². The average Bonchev–Trinajstić information content (AvgIpc) is 3.25. The highest BCUT2D eigenvalue weighted by Crippen LogP contribution is 2.22. The number of aryl methyl sites for hydroxylation is 1. The fraction of sp³-hybridized carbons (Fsp3) is 0.421.